The van der Waals surface area contributed by atoms with Gasteiger partial charge >= 0.3 is 12.1 Å². The Bertz CT molecular complexity index is 1010. The van der Waals surface area contributed by atoms with Gasteiger partial charge in [-0.15, -0.1) is 0 Å². The number of amides is 1. The summed E-state index contributed by atoms with van der Waals surface area (Å²) in [4.78, 5) is 39.5. The molecule has 2 aromatic rings. The molecule has 1 amide bonds. The molecule has 7 heteroatoms. The zero-order valence-electron chi connectivity index (χ0n) is 18.7. The lowest BCUT2D eigenvalue weighted by Gasteiger charge is -2.35. The zero-order valence-corrected chi connectivity index (χ0v) is 20.3. The van der Waals surface area contributed by atoms with Crippen molar-refractivity contribution in [3.63, 3.8) is 0 Å². The van der Waals surface area contributed by atoms with Gasteiger partial charge in [0, 0.05) is 23.0 Å². The van der Waals surface area contributed by atoms with Gasteiger partial charge in [0.1, 0.15) is 5.60 Å². The number of halogens is 1. The van der Waals surface area contributed by atoms with Gasteiger partial charge in [-0.25, -0.2) is 9.59 Å². The van der Waals surface area contributed by atoms with E-state index in [1.807, 2.05) is 43.3 Å². The third kappa shape index (κ3) is 5.21. The molecular formula is C25H28BrNO5. The third-order valence-electron chi connectivity index (χ3n) is 5.55. The highest BCUT2D eigenvalue weighted by Crippen LogP contribution is 2.38. The first-order valence-electron chi connectivity index (χ1n) is 10.5. The van der Waals surface area contributed by atoms with Gasteiger partial charge in [0.05, 0.1) is 0 Å². The number of carboxylic acids is 1. The number of benzene rings is 2. The molecule has 0 aliphatic carbocycles. The minimum absolute atomic E-state index is 0.0637. The van der Waals surface area contributed by atoms with E-state index in [2.05, 4.69) is 15.9 Å². The number of nitrogens with zero attached hydrogens (tertiary/aromatic N) is 1. The van der Waals surface area contributed by atoms with E-state index in [0.29, 0.717) is 5.56 Å². The van der Waals surface area contributed by atoms with Crippen LogP contribution in [0.15, 0.2) is 53.0 Å². The lowest BCUT2D eigenvalue weighted by molar-refractivity contribution is -0.149. The Morgan fingerprint density at radius 1 is 1.06 bits per heavy atom. The maximum Gasteiger partial charge on any atom is 0.411 e. The smallest absolute Gasteiger partial charge is 0.411 e. The monoisotopic (exact) mass is 501 g/mol. The molecule has 1 heterocycles. The molecule has 32 heavy (non-hydrogen) atoms. The van der Waals surface area contributed by atoms with Crippen molar-refractivity contribution < 1.29 is 24.2 Å². The predicted octanol–water partition coefficient (Wildman–Crippen LogP) is 5.79. The summed E-state index contributed by atoms with van der Waals surface area (Å²) in [7, 11) is 0. The summed E-state index contributed by atoms with van der Waals surface area (Å²) in [5.74, 6) is -1.57. The Labute approximate surface area is 196 Å². The van der Waals surface area contributed by atoms with E-state index in [4.69, 9.17) is 4.74 Å². The van der Waals surface area contributed by atoms with E-state index in [0.717, 1.165) is 15.6 Å². The van der Waals surface area contributed by atoms with Gasteiger partial charge in [-0.3, -0.25) is 9.69 Å². The average Bonchev–Trinajstić information content (AvgIpc) is 3.05. The second kappa shape index (κ2) is 9.06. The van der Waals surface area contributed by atoms with Crippen LogP contribution < -0.4 is 0 Å². The molecule has 170 valence electrons. The number of ketones is 1. The van der Waals surface area contributed by atoms with E-state index in [9.17, 15) is 19.5 Å². The van der Waals surface area contributed by atoms with Crippen LogP contribution in [-0.2, 0) is 9.53 Å². The highest BCUT2D eigenvalue weighted by Gasteiger charge is 2.54. The number of carbonyl (C=O) groups is 3. The van der Waals surface area contributed by atoms with Crippen LogP contribution in [0.5, 0.6) is 0 Å². The summed E-state index contributed by atoms with van der Waals surface area (Å²) in [5, 5.41) is 10.1. The van der Waals surface area contributed by atoms with Crippen LogP contribution in [0.2, 0.25) is 0 Å². The molecule has 0 saturated carbocycles. The minimum Gasteiger partial charge on any atom is -0.479 e. The predicted molar refractivity (Wildman–Crippen MR) is 126 cm³/mol. The molecule has 2 atom stereocenters. The molecule has 0 radical (unpaired) electrons. The first kappa shape index (κ1) is 24.0. The molecule has 0 bridgehead atoms. The number of carboxylic acid groups (broad SMARTS) is 1. The summed E-state index contributed by atoms with van der Waals surface area (Å²) in [5.41, 5.74) is -0.0135. The highest BCUT2D eigenvalue weighted by atomic mass is 79.9. The molecule has 2 aromatic carbocycles. The second-order valence-electron chi connectivity index (χ2n) is 9.42. The fraction of sp³-hybridized carbons (Fsp3) is 0.400. The van der Waals surface area contributed by atoms with Crippen LogP contribution in [0.4, 0.5) is 4.79 Å². The van der Waals surface area contributed by atoms with Crippen molar-refractivity contribution in [1.29, 1.82) is 0 Å². The molecule has 1 fully saturated rings. The van der Waals surface area contributed by atoms with Gasteiger partial charge in [-0.2, -0.15) is 0 Å². The van der Waals surface area contributed by atoms with E-state index < -0.39 is 23.2 Å². The maximum absolute atomic E-state index is 13.1. The molecule has 6 nitrogen and oxygen atoms in total. The molecule has 2 unspecified atom stereocenters. The number of hydrogen-bond donors (Lipinski definition) is 1. The number of likely N-dealkylation sites (tertiary alicyclic amines) is 1. The van der Waals surface area contributed by atoms with E-state index >= 15 is 0 Å². The third-order valence-corrected chi connectivity index (χ3v) is 6.08. The normalized spacial score (nSPS) is 20.8. The summed E-state index contributed by atoms with van der Waals surface area (Å²) >= 11 is 3.41. The Kier molecular flexibility index (Phi) is 6.79. The zero-order chi connectivity index (χ0) is 23.7. The summed E-state index contributed by atoms with van der Waals surface area (Å²) in [6, 6.07) is 14.9. The standard InChI is InChI=1S/C25H28BrNO5/c1-16-13-25(22(29)30,27(15-16)23(31)32-24(2,3)4)14-21(28)19-7-5-17(6-8-19)18-9-11-20(26)12-10-18/h5-12,16H,13-15H2,1-4H3,(H,29,30). The van der Waals surface area contributed by atoms with Crippen LogP contribution in [0.1, 0.15) is 50.9 Å². The first-order valence-corrected chi connectivity index (χ1v) is 11.3. The number of Topliss-reactive ketones (excluding diaryl/α,β-unsaturated/α-hetero) is 1. The van der Waals surface area contributed by atoms with Crippen molar-refractivity contribution >= 4 is 33.8 Å². The molecule has 3 rings (SSSR count). The fourth-order valence-corrected chi connectivity index (χ4v) is 4.37. The lowest BCUT2D eigenvalue weighted by atomic mass is 9.85. The summed E-state index contributed by atoms with van der Waals surface area (Å²) in [6.07, 6.45) is -0.809. The van der Waals surface area contributed by atoms with Crippen molar-refractivity contribution in [2.45, 2.75) is 51.7 Å². The Balaban J connectivity index is 1.84. The van der Waals surface area contributed by atoms with E-state index in [1.54, 1.807) is 32.9 Å². The number of ether oxygens (including phenoxy) is 1. The van der Waals surface area contributed by atoms with E-state index in [1.165, 1.54) is 4.90 Å². The lowest BCUT2D eigenvalue weighted by Crippen LogP contribution is -2.55. The SMILES string of the molecule is CC1CN(C(=O)OC(C)(C)C)C(CC(=O)c2ccc(-c3ccc(Br)cc3)cc2)(C(=O)O)C1. The number of rotatable bonds is 5. The fourth-order valence-electron chi connectivity index (χ4n) is 4.11. The number of hydrogen-bond acceptors (Lipinski definition) is 4. The van der Waals surface area contributed by atoms with Gasteiger partial charge in [0.25, 0.3) is 0 Å². The Hall–Kier alpha value is -2.67. The molecule has 1 aliphatic rings. The van der Waals surface area contributed by atoms with Gasteiger partial charge in [-0.05, 0) is 56.4 Å². The van der Waals surface area contributed by atoms with Crippen molar-refractivity contribution in [3.8, 4) is 11.1 Å². The molecule has 1 saturated heterocycles. The maximum atomic E-state index is 13.1. The molecule has 1 N–H and O–H groups in total. The topological polar surface area (TPSA) is 83.9 Å². The van der Waals surface area contributed by atoms with Crippen LogP contribution >= 0.6 is 15.9 Å². The van der Waals surface area contributed by atoms with E-state index in [-0.39, 0.29) is 31.1 Å². The van der Waals surface area contributed by atoms with Gasteiger partial charge in [0.15, 0.2) is 11.3 Å². The van der Waals surface area contributed by atoms with Crippen molar-refractivity contribution in [2.75, 3.05) is 6.54 Å². The van der Waals surface area contributed by atoms with Crippen LogP contribution in [0.3, 0.4) is 0 Å². The van der Waals surface area contributed by atoms with Crippen LogP contribution in [0, 0.1) is 5.92 Å². The van der Waals surface area contributed by atoms with Gasteiger partial charge in [0.2, 0.25) is 0 Å². The Morgan fingerprint density at radius 2 is 1.59 bits per heavy atom. The van der Waals surface area contributed by atoms with Crippen LogP contribution in [-0.4, -0.2) is 45.5 Å². The van der Waals surface area contributed by atoms with Crippen molar-refractivity contribution in [2.24, 2.45) is 5.92 Å². The molecule has 0 spiro atoms. The number of aliphatic carboxylic acids is 1. The quantitative estimate of drug-likeness (QED) is 0.524. The first-order chi connectivity index (χ1) is 14.9. The Morgan fingerprint density at radius 3 is 2.09 bits per heavy atom. The minimum atomic E-state index is -1.62. The van der Waals surface area contributed by atoms with Crippen molar-refractivity contribution in [1.82, 2.24) is 4.90 Å². The molecule has 1 aliphatic heterocycles. The van der Waals surface area contributed by atoms with Crippen LogP contribution in [0.25, 0.3) is 11.1 Å². The number of carbonyl (C=O) groups excluding carboxylic acids is 2. The average molecular weight is 502 g/mol. The molecule has 0 aromatic heterocycles. The van der Waals surface area contributed by atoms with Gasteiger partial charge in [-0.1, -0.05) is 59.3 Å². The largest absolute Gasteiger partial charge is 0.479 e. The highest BCUT2D eigenvalue weighted by molar-refractivity contribution is 9.10. The second-order valence-corrected chi connectivity index (χ2v) is 10.3. The summed E-state index contributed by atoms with van der Waals surface area (Å²) < 4.78 is 6.42. The molecular weight excluding hydrogens is 474 g/mol. The summed E-state index contributed by atoms with van der Waals surface area (Å²) in [6.45, 7) is 7.29. The van der Waals surface area contributed by atoms with Crippen molar-refractivity contribution in [3.05, 3.63) is 58.6 Å². The van der Waals surface area contributed by atoms with Gasteiger partial charge < -0.3 is 9.84 Å².